The molecule has 2 rings (SSSR count). The van der Waals surface area contributed by atoms with Crippen molar-refractivity contribution in [3.05, 3.63) is 36.0 Å². The van der Waals surface area contributed by atoms with Crippen molar-refractivity contribution >= 4 is 16.6 Å². The summed E-state index contributed by atoms with van der Waals surface area (Å²) in [5.74, 6) is 0.858. The highest BCUT2D eigenvalue weighted by atomic mass is 16.3. The number of aliphatic hydroxyl groups is 2. The summed E-state index contributed by atoms with van der Waals surface area (Å²) in [5.41, 5.74) is 0.826. The summed E-state index contributed by atoms with van der Waals surface area (Å²) >= 11 is 0. The van der Waals surface area contributed by atoms with E-state index in [0.29, 0.717) is 6.54 Å². The van der Waals surface area contributed by atoms with Crippen LogP contribution in [0.5, 0.6) is 0 Å². The third-order valence-corrected chi connectivity index (χ3v) is 3.26. The molecule has 4 heteroatoms. The lowest BCUT2D eigenvalue weighted by Crippen LogP contribution is -2.34. The fourth-order valence-electron chi connectivity index (χ4n) is 2.31. The van der Waals surface area contributed by atoms with Crippen molar-refractivity contribution in [2.75, 3.05) is 18.1 Å². The molecule has 1 aromatic carbocycles. The summed E-state index contributed by atoms with van der Waals surface area (Å²) in [6.07, 6.45) is 1.71. The topological polar surface area (TPSA) is 56.6 Å². The van der Waals surface area contributed by atoms with Gasteiger partial charge in [0.15, 0.2) is 0 Å². The van der Waals surface area contributed by atoms with Crippen molar-refractivity contribution in [1.29, 1.82) is 0 Å². The van der Waals surface area contributed by atoms with Crippen LogP contribution in [0, 0.1) is 0 Å². The van der Waals surface area contributed by atoms with Gasteiger partial charge in [-0.05, 0) is 19.2 Å². The first-order valence-electron chi connectivity index (χ1n) is 6.54. The molecule has 1 heterocycles. The van der Waals surface area contributed by atoms with Gasteiger partial charge in [0.05, 0.1) is 13.2 Å². The number of aliphatic hydroxyl groups excluding tert-OH is 2. The van der Waals surface area contributed by atoms with Gasteiger partial charge in [0, 0.05) is 29.7 Å². The molecular formula is C15H20N2O2. The lowest BCUT2D eigenvalue weighted by molar-refractivity contribution is 0.283. The molecular weight excluding hydrogens is 240 g/mol. The molecule has 102 valence electrons. The fraction of sp³-hybridized carbons (Fsp3) is 0.400. The van der Waals surface area contributed by atoms with Crippen LogP contribution in [-0.4, -0.2) is 34.4 Å². The Balaban J connectivity index is 2.60. The monoisotopic (exact) mass is 260 g/mol. The third kappa shape index (κ3) is 2.69. The lowest BCUT2D eigenvalue weighted by atomic mass is 10.1. The van der Waals surface area contributed by atoms with E-state index in [1.807, 2.05) is 24.3 Å². The Bertz CT molecular complexity index is 555. The van der Waals surface area contributed by atoms with E-state index in [9.17, 15) is 10.2 Å². The van der Waals surface area contributed by atoms with E-state index in [4.69, 9.17) is 0 Å². The Labute approximate surface area is 113 Å². The molecule has 0 saturated carbocycles. The molecule has 0 bridgehead atoms. The molecule has 2 N–H and O–H groups in total. The van der Waals surface area contributed by atoms with Crippen LogP contribution in [0.2, 0.25) is 0 Å². The lowest BCUT2D eigenvalue weighted by Gasteiger charge is -2.28. The highest BCUT2D eigenvalue weighted by Crippen LogP contribution is 2.28. The van der Waals surface area contributed by atoms with Crippen LogP contribution in [0.4, 0.5) is 5.82 Å². The van der Waals surface area contributed by atoms with Gasteiger partial charge in [0.2, 0.25) is 0 Å². The van der Waals surface area contributed by atoms with Crippen LogP contribution in [0.25, 0.3) is 10.8 Å². The number of fused-ring (bicyclic) bond motifs is 1. The zero-order valence-electron chi connectivity index (χ0n) is 11.4. The van der Waals surface area contributed by atoms with Crippen molar-refractivity contribution in [1.82, 2.24) is 4.98 Å². The molecule has 0 atom stereocenters. The summed E-state index contributed by atoms with van der Waals surface area (Å²) in [6, 6.07) is 8.17. The van der Waals surface area contributed by atoms with Crippen LogP contribution in [0.1, 0.15) is 19.4 Å². The first-order chi connectivity index (χ1) is 9.19. The molecule has 0 fully saturated rings. The van der Waals surface area contributed by atoms with Crippen molar-refractivity contribution in [3.8, 4) is 0 Å². The first-order valence-corrected chi connectivity index (χ1v) is 6.54. The summed E-state index contributed by atoms with van der Waals surface area (Å²) in [5, 5.41) is 20.6. The summed E-state index contributed by atoms with van der Waals surface area (Å²) in [6.45, 7) is 4.77. The molecule has 0 aliphatic rings. The summed E-state index contributed by atoms with van der Waals surface area (Å²) in [4.78, 5) is 6.55. The minimum Gasteiger partial charge on any atom is -0.395 e. The van der Waals surface area contributed by atoms with E-state index in [1.54, 1.807) is 6.20 Å². The molecule has 0 unspecified atom stereocenters. The number of anilines is 1. The molecule has 0 aliphatic carbocycles. The smallest absolute Gasteiger partial charge is 0.136 e. The maximum absolute atomic E-state index is 9.38. The van der Waals surface area contributed by atoms with Crippen LogP contribution in [0.15, 0.2) is 30.5 Å². The van der Waals surface area contributed by atoms with E-state index in [2.05, 4.69) is 23.7 Å². The minimum atomic E-state index is -0.0184. The van der Waals surface area contributed by atoms with Crippen molar-refractivity contribution in [3.63, 3.8) is 0 Å². The fourth-order valence-corrected chi connectivity index (χ4v) is 2.31. The number of hydrogen-bond acceptors (Lipinski definition) is 4. The van der Waals surface area contributed by atoms with E-state index in [0.717, 1.165) is 22.2 Å². The maximum atomic E-state index is 9.38. The Hall–Kier alpha value is -1.65. The van der Waals surface area contributed by atoms with Gasteiger partial charge in [-0.3, -0.25) is 0 Å². The minimum absolute atomic E-state index is 0.0184. The zero-order chi connectivity index (χ0) is 13.8. The van der Waals surface area contributed by atoms with Gasteiger partial charge in [-0.15, -0.1) is 0 Å². The Morgan fingerprint density at radius 1 is 1.16 bits per heavy atom. The number of nitrogens with zero attached hydrogens (tertiary/aromatic N) is 2. The predicted octanol–water partition coefficient (Wildman–Crippen LogP) is 1.93. The second-order valence-electron chi connectivity index (χ2n) is 4.82. The molecule has 0 amide bonds. The molecule has 0 saturated heterocycles. The number of benzene rings is 1. The van der Waals surface area contributed by atoms with E-state index < -0.39 is 0 Å². The van der Waals surface area contributed by atoms with Crippen LogP contribution < -0.4 is 4.90 Å². The molecule has 1 aromatic heterocycles. The second kappa shape index (κ2) is 5.99. The highest BCUT2D eigenvalue weighted by molar-refractivity contribution is 5.94. The van der Waals surface area contributed by atoms with Crippen LogP contribution >= 0.6 is 0 Å². The number of hydrogen-bond donors (Lipinski definition) is 2. The third-order valence-electron chi connectivity index (χ3n) is 3.26. The van der Waals surface area contributed by atoms with Gasteiger partial charge in [0.1, 0.15) is 5.82 Å². The Morgan fingerprint density at radius 3 is 2.42 bits per heavy atom. The van der Waals surface area contributed by atoms with Gasteiger partial charge in [-0.2, -0.15) is 0 Å². The van der Waals surface area contributed by atoms with Gasteiger partial charge in [0.25, 0.3) is 0 Å². The number of rotatable bonds is 5. The number of pyridine rings is 1. The van der Waals surface area contributed by atoms with Crippen molar-refractivity contribution in [2.45, 2.75) is 26.5 Å². The molecule has 4 nitrogen and oxygen atoms in total. The quantitative estimate of drug-likeness (QED) is 0.862. The largest absolute Gasteiger partial charge is 0.395 e. The van der Waals surface area contributed by atoms with Gasteiger partial charge >= 0.3 is 0 Å². The standard InChI is InChI=1S/C15H20N2O2/c1-11(2)17(7-8-18)15-14-6-4-3-5-13(14)12(10-19)9-16-15/h3-6,9,11,18-19H,7-8,10H2,1-2H3. The average Bonchev–Trinajstić information content (AvgIpc) is 2.43. The number of aromatic nitrogens is 1. The maximum Gasteiger partial charge on any atom is 0.136 e. The van der Waals surface area contributed by atoms with Gasteiger partial charge in [-0.1, -0.05) is 24.3 Å². The second-order valence-corrected chi connectivity index (χ2v) is 4.82. The molecule has 19 heavy (non-hydrogen) atoms. The van der Waals surface area contributed by atoms with Gasteiger partial charge in [-0.25, -0.2) is 4.98 Å². The molecule has 0 spiro atoms. The summed E-state index contributed by atoms with van der Waals surface area (Å²) < 4.78 is 0. The van der Waals surface area contributed by atoms with Gasteiger partial charge < -0.3 is 15.1 Å². The Morgan fingerprint density at radius 2 is 1.84 bits per heavy atom. The van der Waals surface area contributed by atoms with Crippen LogP contribution in [-0.2, 0) is 6.61 Å². The molecule has 0 radical (unpaired) electrons. The van der Waals surface area contributed by atoms with E-state index in [-0.39, 0.29) is 19.3 Å². The first kappa shape index (κ1) is 13.8. The van der Waals surface area contributed by atoms with Crippen molar-refractivity contribution in [2.24, 2.45) is 0 Å². The summed E-state index contributed by atoms with van der Waals surface area (Å²) in [7, 11) is 0. The van der Waals surface area contributed by atoms with E-state index >= 15 is 0 Å². The molecule has 2 aromatic rings. The highest BCUT2D eigenvalue weighted by Gasteiger charge is 2.15. The van der Waals surface area contributed by atoms with Crippen molar-refractivity contribution < 1.29 is 10.2 Å². The van der Waals surface area contributed by atoms with E-state index in [1.165, 1.54) is 0 Å². The zero-order valence-corrected chi connectivity index (χ0v) is 11.4. The SMILES string of the molecule is CC(C)N(CCO)c1ncc(CO)c2ccccc12. The predicted molar refractivity (Wildman–Crippen MR) is 77.2 cm³/mol. The normalized spacial score (nSPS) is 11.2. The Kier molecular flexibility index (Phi) is 4.35. The molecule has 0 aliphatic heterocycles. The van der Waals surface area contributed by atoms with Crippen LogP contribution in [0.3, 0.4) is 0 Å². The average molecular weight is 260 g/mol.